The lowest BCUT2D eigenvalue weighted by Gasteiger charge is -2.43. The van der Waals surface area contributed by atoms with Crippen LogP contribution in [0.3, 0.4) is 0 Å². The van der Waals surface area contributed by atoms with Crippen LogP contribution < -0.4 is 5.73 Å². The topological polar surface area (TPSA) is 26.0 Å². The maximum Gasteiger partial charge on any atom is 0.0223 e. The summed E-state index contributed by atoms with van der Waals surface area (Å²) in [6.07, 6.45) is 8.78. The zero-order valence-electron chi connectivity index (χ0n) is 12.4. The molecule has 0 amide bonds. The summed E-state index contributed by atoms with van der Waals surface area (Å²) >= 11 is 0. The first-order valence-corrected chi connectivity index (χ1v) is 7.98. The Kier molecular flexibility index (Phi) is 3.42. The summed E-state index contributed by atoms with van der Waals surface area (Å²) < 4.78 is 0. The number of hydrogen-bond acceptors (Lipinski definition) is 1. The van der Waals surface area contributed by atoms with Crippen LogP contribution >= 0.6 is 0 Å². The van der Waals surface area contributed by atoms with Gasteiger partial charge in [-0.1, -0.05) is 44.9 Å². The number of aryl methyl sites for hydroxylation is 2. The van der Waals surface area contributed by atoms with E-state index in [0.29, 0.717) is 5.92 Å². The highest BCUT2D eigenvalue weighted by molar-refractivity contribution is 5.36. The first-order valence-electron chi connectivity index (χ1n) is 7.98. The largest absolute Gasteiger partial charge is 0.325 e. The zero-order valence-corrected chi connectivity index (χ0v) is 12.4. The van der Waals surface area contributed by atoms with Crippen molar-refractivity contribution >= 4 is 0 Å². The number of fused-ring (bicyclic) bond motifs is 1. The molecule has 1 fully saturated rings. The van der Waals surface area contributed by atoms with E-state index < -0.39 is 0 Å². The fourth-order valence-electron chi connectivity index (χ4n) is 4.16. The van der Waals surface area contributed by atoms with E-state index in [1.165, 1.54) is 44.1 Å². The maximum absolute atomic E-state index is 6.77. The average Bonchev–Trinajstić information content (AvgIpc) is 2.83. The van der Waals surface area contributed by atoms with Gasteiger partial charge >= 0.3 is 0 Å². The molecule has 0 spiro atoms. The van der Waals surface area contributed by atoms with Gasteiger partial charge in [-0.05, 0) is 60.6 Å². The highest BCUT2D eigenvalue weighted by Gasteiger charge is 2.38. The smallest absolute Gasteiger partial charge is 0.0223 e. The second-order valence-electron chi connectivity index (χ2n) is 7.02. The molecule has 3 unspecified atom stereocenters. The fourth-order valence-corrected chi connectivity index (χ4v) is 4.16. The Morgan fingerprint density at radius 2 is 1.95 bits per heavy atom. The number of hydrogen-bond donors (Lipinski definition) is 1. The molecule has 1 aromatic carbocycles. The lowest BCUT2D eigenvalue weighted by molar-refractivity contribution is 0.143. The van der Waals surface area contributed by atoms with E-state index in [2.05, 4.69) is 32.0 Å². The number of nitrogens with two attached hydrogens (primary N) is 1. The summed E-state index contributed by atoms with van der Waals surface area (Å²) in [6, 6.07) is 7.10. The molecule has 0 aliphatic heterocycles. The third-order valence-electron chi connectivity index (χ3n) is 5.76. The number of benzene rings is 1. The summed E-state index contributed by atoms with van der Waals surface area (Å²) in [5.41, 5.74) is 11.4. The van der Waals surface area contributed by atoms with Crippen molar-refractivity contribution in [2.24, 2.45) is 17.6 Å². The SMILES string of the molecule is CC1CCCC(N)(Cc2ccc3c(c2)CCC3)C1C. The summed E-state index contributed by atoms with van der Waals surface area (Å²) in [4.78, 5) is 0. The molecule has 19 heavy (non-hydrogen) atoms. The summed E-state index contributed by atoms with van der Waals surface area (Å²) in [6.45, 7) is 4.73. The quantitative estimate of drug-likeness (QED) is 0.855. The molecule has 0 saturated heterocycles. The van der Waals surface area contributed by atoms with Crippen molar-refractivity contribution in [3.05, 3.63) is 34.9 Å². The van der Waals surface area contributed by atoms with Gasteiger partial charge in [-0.3, -0.25) is 0 Å². The van der Waals surface area contributed by atoms with Crippen LogP contribution in [0.5, 0.6) is 0 Å². The molecule has 1 saturated carbocycles. The molecule has 0 radical (unpaired) electrons. The highest BCUT2D eigenvalue weighted by Crippen LogP contribution is 2.38. The van der Waals surface area contributed by atoms with Gasteiger partial charge in [0.25, 0.3) is 0 Å². The minimum Gasteiger partial charge on any atom is -0.325 e. The predicted molar refractivity (Wildman–Crippen MR) is 81.3 cm³/mol. The minimum absolute atomic E-state index is 0.0184. The molecule has 2 N–H and O–H groups in total. The lowest BCUT2D eigenvalue weighted by Crippen LogP contribution is -2.52. The summed E-state index contributed by atoms with van der Waals surface area (Å²) in [5, 5.41) is 0. The van der Waals surface area contributed by atoms with Gasteiger partial charge in [-0.2, -0.15) is 0 Å². The monoisotopic (exact) mass is 257 g/mol. The van der Waals surface area contributed by atoms with E-state index in [0.717, 1.165) is 12.3 Å². The van der Waals surface area contributed by atoms with E-state index in [-0.39, 0.29) is 5.54 Å². The third kappa shape index (κ3) is 2.45. The second kappa shape index (κ2) is 4.94. The van der Waals surface area contributed by atoms with Crippen molar-refractivity contribution in [3.63, 3.8) is 0 Å². The summed E-state index contributed by atoms with van der Waals surface area (Å²) in [7, 11) is 0. The van der Waals surface area contributed by atoms with Gasteiger partial charge in [-0.25, -0.2) is 0 Å². The molecule has 104 valence electrons. The van der Waals surface area contributed by atoms with E-state index in [9.17, 15) is 0 Å². The van der Waals surface area contributed by atoms with Crippen molar-refractivity contribution in [1.82, 2.24) is 0 Å². The van der Waals surface area contributed by atoms with Crippen LogP contribution in [0.15, 0.2) is 18.2 Å². The Morgan fingerprint density at radius 1 is 1.16 bits per heavy atom. The van der Waals surface area contributed by atoms with Gasteiger partial charge in [0, 0.05) is 5.54 Å². The van der Waals surface area contributed by atoms with Gasteiger partial charge in [-0.15, -0.1) is 0 Å². The molecule has 2 aliphatic carbocycles. The van der Waals surface area contributed by atoms with Crippen LogP contribution in [-0.4, -0.2) is 5.54 Å². The van der Waals surface area contributed by atoms with Crippen LogP contribution in [0.4, 0.5) is 0 Å². The van der Waals surface area contributed by atoms with Crippen molar-refractivity contribution in [1.29, 1.82) is 0 Å². The van der Waals surface area contributed by atoms with Crippen LogP contribution in [0.2, 0.25) is 0 Å². The van der Waals surface area contributed by atoms with Crippen LogP contribution in [0.25, 0.3) is 0 Å². The van der Waals surface area contributed by atoms with Crippen molar-refractivity contribution in [3.8, 4) is 0 Å². The standard InChI is InChI=1S/C18H27N/c1-13-5-4-10-18(19,14(13)2)12-15-8-9-16-6-3-7-17(16)11-15/h8-9,11,13-14H,3-7,10,12,19H2,1-2H3. The van der Waals surface area contributed by atoms with E-state index >= 15 is 0 Å². The number of rotatable bonds is 2. The first kappa shape index (κ1) is 13.2. The van der Waals surface area contributed by atoms with Crippen molar-refractivity contribution in [2.45, 2.75) is 64.3 Å². The Labute approximate surface area is 117 Å². The lowest BCUT2D eigenvalue weighted by atomic mass is 9.66. The minimum atomic E-state index is 0.0184. The normalized spacial score (nSPS) is 34.3. The molecule has 1 aromatic rings. The maximum atomic E-state index is 6.77. The molecule has 1 nitrogen and oxygen atoms in total. The molecular weight excluding hydrogens is 230 g/mol. The van der Waals surface area contributed by atoms with Gasteiger partial charge in [0.05, 0.1) is 0 Å². The van der Waals surface area contributed by atoms with E-state index in [1.807, 2.05) is 0 Å². The first-order chi connectivity index (χ1) is 9.08. The van der Waals surface area contributed by atoms with Gasteiger partial charge in [0.2, 0.25) is 0 Å². The van der Waals surface area contributed by atoms with E-state index in [4.69, 9.17) is 5.73 Å². The highest BCUT2D eigenvalue weighted by atomic mass is 14.8. The molecule has 0 bridgehead atoms. The molecule has 1 heteroatoms. The molecular formula is C18H27N. The van der Waals surface area contributed by atoms with Crippen LogP contribution in [-0.2, 0) is 19.3 Å². The average molecular weight is 257 g/mol. The Balaban J connectivity index is 1.80. The second-order valence-corrected chi connectivity index (χ2v) is 7.02. The zero-order chi connectivity index (χ0) is 13.5. The van der Waals surface area contributed by atoms with Gasteiger partial charge in [0.15, 0.2) is 0 Å². The van der Waals surface area contributed by atoms with Crippen molar-refractivity contribution in [2.75, 3.05) is 0 Å². The molecule has 3 rings (SSSR count). The van der Waals surface area contributed by atoms with Gasteiger partial charge < -0.3 is 5.73 Å². The molecule has 0 heterocycles. The fraction of sp³-hybridized carbons (Fsp3) is 0.667. The van der Waals surface area contributed by atoms with Crippen LogP contribution in [0.1, 0.15) is 56.2 Å². The molecule has 3 atom stereocenters. The Bertz CT molecular complexity index is 465. The van der Waals surface area contributed by atoms with Gasteiger partial charge in [0.1, 0.15) is 0 Å². The Hall–Kier alpha value is -0.820. The molecule has 2 aliphatic rings. The third-order valence-corrected chi connectivity index (χ3v) is 5.76. The van der Waals surface area contributed by atoms with Crippen LogP contribution in [0, 0.1) is 11.8 Å². The predicted octanol–water partition coefficient (Wildman–Crippen LogP) is 3.87. The summed E-state index contributed by atoms with van der Waals surface area (Å²) in [5.74, 6) is 1.41. The molecule has 0 aromatic heterocycles. The van der Waals surface area contributed by atoms with E-state index in [1.54, 1.807) is 11.1 Å². The Morgan fingerprint density at radius 3 is 2.79 bits per heavy atom. The van der Waals surface area contributed by atoms with Crippen molar-refractivity contribution < 1.29 is 0 Å².